The number of carbonyl (C=O) groups is 1. The van der Waals surface area contributed by atoms with Crippen molar-refractivity contribution in [2.45, 2.75) is 31.4 Å². The fourth-order valence-corrected chi connectivity index (χ4v) is 0.906. The van der Waals surface area contributed by atoms with Gasteiger partial charge in [0, 0.05) is 11.7 Å². The molecule has 0 aromatic heterocycles. The molecule has 0 bridgehead atoms. The second kappa shape index (κ2) is 5.16. The lowest BCUT2D eigenvalue weighted by Gasteiger charge is -2.00. The van der Waals surface area contributed by atoms with Gasteiger partial charge in [-0.05, 0) is 6.42 Å². The van der Waals surface area contributed by atoms with E-state index in [1.54, 1.807) is 0 Å². The summed E-state index contributed by atoms with van der Waals surface area (Å²) < 4.78 is 0. The predicted octanol–water partition coefficient (Wildman–Crippen LogP) is 1.67. The van der Waals surface area contributed by atoms with Gasteiger partial charge in [0.05, 0.1) is 0 Å². The van der Waals surface area contributed by atoms with Crippen molar-refractivity contribution in [3.05, 3.63) is 0 Å². The van der Waals surface area contributed by atoms with Crippen molar-refractivity contribution in [3.63, 3.8) is 0 Å². The van der Waals surface area contributed by atoms with Crippen LogP contribution in [0.2, 0.25) is 0 Å². The third-order valence-electron chi connectivity index (χ3n) is 0.990. The summed E-state index contributed by atoms with van der Waals surface area (Å²) in [5, 5.41) is 0.289. The zero-order chi connectivity index (χ0) is 6.41. The van der Waals surface area contributed by atoms with E-state index < -0.39 is 0 Å². The minimum Gasteiger partial charge on any atom is -0.303 e. The molecule has 0 aliphatic heterocycles. The van der Waals surface area contributed by atoms with Crippen LogP contribution in [0.3, 0.4) is 0 Å². The Balaban J connectivity index is 3.03. The average Bonchev–Trinajstić information content (AvgIpc) is 1.68. The highest BCUT2D eigenvalue weighted by molar-refractivity contribution is 7.81. The molecule has 1 nitrogen and oxygen atoms in total. The summed E-state index contributed by atoms with van der Waals surface area (Å²) in [6.45, 7) is 2.09. The maximum atomic E-state index is 9.84. The summed E-state index contributed by atoms with van der Waals surface area (Å²) in [4.78, 5) is 9.84. The molecule has 8 heavy (non-hydrogen) atoms. The van der Waals surface area contributed by atoms with E-state index in [0.717, 1.165) is 19.1 Å². The van der Waals surface area contributed by atoms with Crippen LogP contribution in [-0.4, -0.2) is 11.5 Å². The molecule has 0 saturated carbocycles. The topological polar surface area (TPSA) is 17.1 Å². The summed E-state index contributed by atoms with van der Waals surface area (Å²) in [6.07, 6.45) is 3.67. The van der Waals surface area contributed by atoms with Crippen LogP contribution in [0.5, 0.6) is 0 Å². The van der Waals surface area contributed by atoms with E-state index in [2.05, 4.69) is 19.6 Å². The molecule has 0 aliphatic carbocycles. The van der Waals surface area contributed by atoms with Gasteiger partial charge in [0.25, 0.3) is 0 Å². The van der Waals surface area contributed by atoms with Gasteiger partial charge in [-0.15, -0.1) is 0 Å². The third kappa shape index (κ3) is 4.19. The maximum absolute atomic E-state index is 9.84. The van der Waals surface area contributed by atoms with Crippen LogP contribution in [-0.2, 0) is 4.79 Å². The van der Waals surface area contributed by atoms with E-state index in [1.807, 2.05) is 0 Å². The lowest BCUT2D eigenvalue weighted by atomic mass is 10.2. The molecule has 1 atom stereocenters. The molecule has 0 aromatic rings. The summed E-state index contributed by atoms with van der Waals surface area (Å²) in [5.41, 5.74) is 0. The molecule has 0 rings (SSSR count). The second-order valence-electron chi connectivity index (χ2n) is 1.84. The number of thiol groups is 1. The molecule has 0 amide bonds. The molecule has 0 N–H and O–H groups in total. The monoisotopic (exact) mass is 132 g/mol. The number of aldehydes is 1. The van der Waals surface area contributed by atoms with Gasteiger partial charge in [-0.1, -0.05) is 13.3 Å². The average molecular weight is 132 g/mol. The lowest BCUT2D eigenvalue weighted by molar-refractivity contribution is -0.107. The van der Waals surface area contributed by atoms with Crippen molar-refractivity contribution in [3.8, 4) is 0 Å². The van der Waals surface area contributed by atoms with Gasteiger partial charge in [0.1, 0.15) is 6.29 Å². The molecule has 2 heteroatoms. The highest BCUT2D eigenvalue weighted by Gasteiger charge is 1.97. The minimum atomic E-state index is 0.289. The first-order valence-electron chi connectivity index (χ1n) is 2.93. The molecule has 0 saturated heterocycles. The molecule has 0 aromatic carbocycles. The van der Waals surface area contributed by atoms with Crippen molar-refractivity contribution in [1.82, 2.24) is 0 Å². The Morgan fingerprint density at radius 3 is 2.75 bits per heavy atom. The Kier molecular flexibility index (Phi) is 5.18. The fourth-order valence-electron chi connectivity index (χ4n) is 0.562. The summed E-state index contributed by atoms with van der Waals surface area (Å²) in [7, 11) is 0. The number of hydrogen-bond donors (Lipinski definition) is 1. The van der Waals surface area contributed by atoms with Crippen LogP contribution < -0.4 is 0 Å². The molecule has 48 valence electrons. The van der Waals surface area contributed by atoms with E-state index in [1.165, 1.54) is 0 Å². The first-order chi connectivity index (χ1) is 3.81. The van der Waals surface area contributed by atoms with E-state index in [-0.39, 0.29) is 5.25 Å². The Bertz CT molecular complexity index is 63.5. The molecule has 0 spiro atoms. The highest BCUT2D eigenvalue weighted by atomic mass is 32.1. The predicted molar refractivity (Wildman–Crippen MR) is 38.4 cm³/mol. The van der Waals surface area contributed by atoms with Crippen molar-refractivity contribution in [2.24, 2.45) is 0 Å². The largest absolute Gasteiger partial charge is 0.303 e. The molecule has 0 fully saturated rings. The van der Waals surface area contributed by atoms with Gasteiger partial charge in [-0.3, -0.25) is 0 Å². The van der Waals surface area contributed by atoms with E-state index >= 15 is 0 Å². The Labute approximate surface area is 55.9 Å². The lowest BCUT2D eigenvalue weighted by Crippen LogP contribution is -1.97. The maximum Gasteiger partial charge on any atom is 0.121 e. The van der Waals surface area contributed by atoms with Gasteiger partial charge in [-0.2, -0.15) is 12.6 Å². The van der Waals surface area contributed by atoms with E-state index in [0.29, 0.717) is 6.42 Å². The summed E-state index contributed by atoms with van der Waals surface area (Å²) in [5.74, 6) is 0. The molecular weight excluding hydrogens is 120 g/mol. The zero-order valence-corrected chi connectivity index (χ0v) is 6.03. The standard InChI is InChI=1S/C6H12OS/c1-2-3-6(8)4-5-7/h5-6,8H,2-4H2,1H3. The van der Waals surface area contributed by atoms with Crippen LogP contribution in [0.4, 0.5) is 0 Å². The quantitative estimate of drug-likeness (QED) is 0.455. The first-order valence-corrected chi connectivity index (χ1v) is 3.44. The van der Waals surface area contributed by atoms with Gasteiger partial charge < -0.3 is 4.79 Å². The number of carbonyl (C=O) groups excluding carboxylic acids is 1. The summed E-state index contributed by atoms with van der Waals surface area (Å²) in [6, 6.07) is 0. The Morgan fingerprint density at radius 1 is 1.75 bits per heavy atom. The highest BCUT2D eigenvalue weighted by Crippen LogP contribution is 2.05. The number of rotatable bonds is 4. The van der Waals surface area contributed by atoms with Gasteiger partial charge >= 0.3 is 0 Å². The first kappa shape index (κ1) is 8.02. The second-order valence-corrected chi connectivity index (χ2v) is 2.58. The third-order valence-corrected chi connectivity index (χ3v) is 1.46. The normalized spacial score (nSPS) is 13.2. The molecule has 1 unspecified atom stereocenters. The molecule has 0 heterocycles. The minimum absolute atomic E-state index is 0.289. The smallest absolute Gasteiger partial charge is 0.121 e. The SMILES string of the molecule is CCCC(S)CC=O. The van der Waals surface area contributed by atoms with Crippen LogP contribution in [0.1, 0.15) is 26.2 Å². The van der Waals surface area contributed by atoms with Crippen molar-refractivity contribution in [2.75, 3.05) is 0 Å². The zero-order valence-electron chi connectivity index (χ0n) is 5.13. The van der Waals surface area contributed by atoms with E-state index in [9.17, 15) is 4.79 Å². The van der Waals surface area contributed by atoms with Crippen LogP contribution in [0, 0.1) is 0 Å². The molecule has 0 aliphatic rings. The number of hydrogen-bond acceptors (Lipinski definition) is 2. The molecule has 0 radical (unpaired) electrons. The van der Waals surface area contributed by atoms with Gasteiger partial charge in [0.2, 0.25) is 0 Å². The summed E-state index contributed by atoms with van der Waals surface area (Å²) >= 11 is 4.16. The van der Waals surface area contributed by atoms with E-state index in [4.69, 9.17) is 0 Å². The van der Waals surface area contributed by atoms with Crippen molar-refractivity contribution >= 4 is 18.9 Å². The van der Waals surface area contributed by atoms with Gasteiger partial charge in [-0.25, -0.2) is 0 Å². The van der Waals surface area contributed by atoms with Crippen molar-refractivity contribution < 1.29 is 4.79 Å². The van der Waals surface area contributed by atoms with Crippen LogP contribution in [0.15, 0.2) is 0 Å². The Morgan fingerprint density at radius 2 is 2.38 bits per heavy atom. The Hall–Kier alpha value is 0.0200. The fraction of sp³-hybridized carbons (Fsp3) is 0.833. The van der Waals surface area contributed by atoms with Gasteiger partial charge in [0.15, 0.2) is 0 Å². The van der Waals surface area contributed by atoms with Crippen LogP contribution in [0.25, 0.3) is 0 Å². The molecular formula is C6H12OS. The van der Waals surface area contributed by atoms with Crippen LogP contribution >= 0.6 is 12.6 Å². The van der Waals surface area contributed by atoms with Crippen molar-refractivity contribution in [1.29, 1.82) is 0 Å².